The van der Waals surface area contributed by atoms with Crippen LogP contribution in [0.4, 0.5) is 0 Å². The van der Waals surface area contributed by atoms with Gasteiger partial charge in [-0.05, 0) is 36.2 Å². The Labute approximate surface area is 117 Å². The van der Waals surface area contributed by atoms with Crippen molar-refractivity contribution in [2.24, 2.45) is 0 Å². The van der Waals surface area contributed by atoms with Gasteiger partial charge in [0.05, 0.1) is 0 Å². The molecule has 0 aliphatic carbocycles. The number of sulfone groups is 1. The van der Waals surface area contributed by atoms with Crippen LogP contribution in [-0.4, -0.2) is 31.4 Å². The third-order valence-corrected chi connectivity index (χ3v) is 3.78. The Morgan fingerprint density at radius 1 is 1.20 bits per heavy atom. The van der Waals surface area contributed by atoms with E-state index >= 15 is 0 Å². The Morgan fingerprint density at radius 3 is 2.50 bits per heavy atom. The van der Waals surface area contributed by atoms with Crippen LogP contribution in [0.2, 0.25) is 0 Å². The van der Waals surface area contributed by atoms with Crippen molar-refractivity contribution in [2.45, 2.75) is 11.3 Å². The van der Waals surface area contributed by atoms with Gasteiger partial charge < -0.3 is 9.84 Å². The Hall–Kier alpha value is -1.92. The molecule has 0 atom stereocenters. The fourth-order valence-corrected chi connectivity index (χ4v) is 2.44. The first-order valence-corrected chi connectivity index (χ1v) is 7.92. The lowest BCUT2D eigenvalue weighted by Crippen LogP contribution is -2.01. The van der Waals surface area contributed by atoms with Crippen molar-refractivity contribution in [1.82, 2.24) is 4.98 Å². The summed E-state index contributed by atoms with van der Waals surface area (Å²) in [6.45, 7) is 0.0820. The number of pyridine rings is 1. The first kappa shape index (κ1) is 14.5. The molecule has 2 aromatic rings. The molecule has 0 bridgehead atoms. The molecular weight excluding hydrogens is 278 g/mol. The van der Waals surface area contributed by atoms with Crippen LogP contribution in [0.1, 0.15) is 5.56 Å². The second-order valence-corrected chi connectivity index (χ2v) is 6.28. The molecule has 0 aliphatic heterocycles. The molecule has 20 heavy (non-hydrogen) atoms. The Morgan fingerprint density at radius 2 is 1.90 bits per heavy atom. The van der Waals surface area contributed by atoms with E-state index < -0.39 is 9.84 Å². The molecule has 2 rings (SSSR count). The minimum absolute atomic E-state index is 0.0550. The van der Waals surface area contributed by atoms with Crippen LogP contribution in [0, 0.1) is 0 Å². The zero-order valence-corrected chi connectivity index (χ0v) is 11.8. The molecule has 1 N–H and O–H groups in total. The Kier molecular flexibility index (Phi) is 4.36. The fourth-order valence-electron chi connectivity index (χ4n) is 1.70. The number of hydrogen-bond donors (Lipinski definition) is 1. The number of benzene rings is 1. The monoisotopic (exact) mass is 293 g/mol. The molecule has 1 aromatic carbocycles. The van der Waals surface area contributed by atoms with E-state index in [1.807, 2.05) is 12.1 Å². The van der Waals surface area contributed by atoms with Crippen molar-refractivity contribution < 1.29 is 18.3 Å². The first-order chi connectivity index (χ1) is 9.50. The summed E-state index contributed by atoms with van der Waals surface area (Å²) in [5.74, 6) is 0.556. The van der Waals surface area contributed by atoms with Crippen molar-refractivity contribution in [3.63, 3.8) is 0 Å². The van der Waals surface area contributed by atoms with Crippen LogP contribution in [0.15, 0.2) is 47.5 Å². The molecule has 6 heteroatoms. The van der Waals surface area contributed by atoms with E-state index in [9.17, 15) is 8.42 Å². The van der Waals surface area contributed by atoms with E-state index in [4.69, 9.17) is 9.84 Å². The molecule has 106 valence electrons. The summed E-state index contributed by atoms with van der Waals surface area (Å²) in [6.07, 6.45) is 3.16. The molecule has 0 fully saturated rings. The molecule has 0 amide bonds. The number of ether oxygens (including phenoxy) is 1. The minimum Gasteiger partial charge on any atom is -0.438 e. The van der Waals surface area contributed by atoms with Crippen molar-refractivity contribution >= 4 is 9.84 Å². The molecule has 0 unspecified atom stereocenters. The van der Waals surface area contributed by atoms with Crippen molar-refractivity contribution in [3.8, 4) is 11.6 Å². The average molecular weight is 293 g/mol. The van der Waals surface area contributed by atoms with Crippen molar-refractivity contribution in [3.05, 3.63) is 48.2 Å². The molecule has 0 saturated heterocycles. The molecular formula is C14H15NO4S. The lowest BCUT2D eigenvalue weighted by Gasteiger charge is -2.09. The Bertz CT molecular complexity index is 681. The first-order valence-electron chi connectivity index (χ1n) is 6.03. The summed E-state index contributed by atoms with van der Waals surface area (Å²) in [6, 6.07) is 10.1. The van der Waals surface area contributed by atoms with Gasteiger partial charge in [-0.1, -0.05) is 12.1 Å². The van der Waals surface area contributed by atoms with E-state index in [2.05, 4.69) is 4.98 Å². The number of aliphatic hydroxyl groups excluding tert-OH is 1. The van der Waals surface area contributed by atoms with Crippen LogP contribution < -0.4 is 4.74 Å². The van der Waals surface area contributed by atoms with Gasteiger partial charge in [-0.25, -0.2) is 13.4 Å². The van der Waals surface area contributed by atoms with Gasteiger partial charge >= 0.3 is 0 Å². The van der Waals surface area contributed by atoms with Crippen LogP contribution in [0.25, 0.3) is 0 Å². The highest BCUT2D eigenvalue weighted by atomic mass is 32.2. The predicted octanol–water partition coefficient (Wildman–Crippen LogP) is 1.81. The van der Waals surface area contributed by atoms with Gasteiger partial charge in [-0.2, -0.15) is 0 Å². The molecule has 0 saturated carbocycles. The second kappa shape index (κ2) is 6.02. The molecule has 0 radical (unpaired) electrons. The lowest BCUT2D eigenvalue weighted by atomic mass is 10.1. The molecule has 5 nitrogen and oxygen atoms in total. The highest BCUT2D eigenvalue weighted by molar-refractivity contribution is 7.90. The third-order valence-electron chi connectivity index (χ3n) is 2.67. The molecule has 1 aromatic heterocycles. The van der Waals surface area contributed by atoms with E-state index in [0.29, 0.717) is 12.2 Å². The third kappa shape index (κ3) is 3.55. The summed E-state index contributed by atoms with van der Waals surface area (Å²) >= 11 is 0. The van der Waals surface area contributed by atoms with Crippen LogP contribution in [0.3, 0.4) is 0 Å². The van der Waals surface area contributed by atoms with E-state index in [-0.39, 0.29) is 17.4 Å². The quantitative estimate of drug-likeness (QED) is 0.910. The van der Waals surface area contributed by atoms with Crippen LogP contribution in [0.5, 0.6) is 11.6 Å². The summed E-state index contributed by atoms with van der Waals surface area (Å²) in [5, 5.41) is 8.84. The fraction of sp³-hybridized carbons (Fsp3) is 0.214. The number of rotatable bonds is 5. The topological polar surface area (TPSA) is 76.5 Å². The maximum atomic E-state index is 11.6. The highest BCUT2D eigenvalue weighted by Crippen LogP contribution is 2.26. The number of aromatic nitrogens is 1. The van der Waals surface area contributed by atoms with Gasteiger partial charge in [-0.15, -0.1) is 0 Å². The van der Waals surface area contributed by atoms with Gasteiger partial charge in [-0.3, -0.25) is 0 Å². The summed E-state index contributed by atoms with van der Waals surface area (Å²) in [7, 11) is -3.39. The second-order valence-electron chi connectivity index (χ2n) is 4.30. The van der Waals surface area contributed by atoms with Crippen LogP contribution in [-0.2, 0) is 16.3 Å². The highest BCUT2D eigenvalue weighted by Gasteiger charge is 2.15. The smallest absolute Gasteiger partial charge is 0.238 e. The zero-order chi connectivity index (χ0) is 14.6. The largest absolute Gasteiger partial charge is 0.438 e. The molecule has 0 spiro atoms. The maximum Gasteiger partial charge on any atom is 0.238 e. The van der Waals surface area contributed by atoms with Crippen molar-refractivity contribution in [1.29, 1.82) is 0 Å². The standard InChI is InChI=1S/C14H15NO4S/c1-20(17,18)13-3-2-9-15-14(13)19-12-6-4-11(5-7-12)8-10-16/h2-7,9,16H,8,10H2,1H3. The van der Waals surface area contributed by atoms with Gasteiger partial charge in [0.1, 0.15) is 10.6 Å². The predicted molar refractivity (Wildman–Crippen MR) is 74.7 cm³/mol. The summed E-state index contributed by atoms with van der Waals surface area (Å²) in [4.78, 5) is 4.01. The SMILES string of the molecule is CS(=O)(=O)c1cccnc1Oc1ccc(CCO)cc1. The lowest BCUT2D eigenvalue weighted by molar-refractivity contribution is 0.299. The van der Waals surface area contributed by atoms with Gasteiger partial charge in [0.2, 0.25) is 5.88 Å². The zero-order valence-electron chi connectivity index (χ0n) is 11.0. The average Bonchev–Trinajstić information content (AvgIpc) is 2.41. The van der Waals surface area contributed by atoms with E-state index in [0.717, 1.165) is 11.8 Å². The maximum absolute atomic E-state index is 11.6. The summed E-state index contributed by atoms with van der Waals surface area (Å²) in [5.41, 5.74) is 0.976. The van der Waals surface area contributed by atoms with Crippen LogP contribution >= 0.6 is 0 Å². The van der Waals surface area contributed by atoms with E-state index in [1.54, 1.807) is 18.2 Å². The van der Waals surface area contributed by atoms with Gasteiger partial charge in [0.15, 0.2) is 9.84 Å². The van der Waals surface area contributed by atoms with Gasteiger partial charge in [0.25, 0.3) is 0 Å². The number of nitrogens with zero attached hydrogens (tertiary/aromatic N) is 1. The summed E-state index contributed by atoms with van der Waals surface area (Å²) < 4.78 is 28.8. The number of aliphatic hydroxyl groups is 1. The number of hydrogen-bond acceptors (Lipinski definition) is 5. The molecule has 1 heterocycles. The minimum atomic E-state index is -3.39. The normalized spacial score (nSPS) is 11.3. The Balaban J connectivity index is 2.26. The van der Waals surface area contributed by atoms with E-state index in [1.165, 1.54) is 12.3 Å². The molecule has 0 aliphatic rings. The van der Waals surface area contributed by atoms with Crippen molar-refractivity contribution in [2.75, 3.05) is 12.9 Å². The van der Waals surface area contributed by atoms with Gasteiger partial charge in [0, 0.05) is 19.1 Å².